The average molecular weight is 379 g/mol. The van der Waals surface area contributed by atoms with Crippen LogP contribution < -0.4 is 14.8 Å². The molecule has 0 saturated heterocycles. The van der Waals surface area contributed by atoms with Gasteiger partial charge in [-0.2, -0.15) is 8.78 Å². The minimum absolute atomic E-state index is 0.0147. The summed E-state index contributed by atoms with van der Waals surface area (Å²) in [4.78, 5) is 22.3. The van der Waals surface area contributed by atoms with Gasteiger partial charge < -0.3 is 14.8 Å². The highest BCUT2D eigenvalue weighted by Gasteiger charge is 2.14. The third-order valence-electron chi connectivity index (χ3n) is 3.63. The highest BCUT2D eigenvalue weighted by Crippen LogP contribution is 2.33. The number of carbonyl (C=O) groups excluding carboxylic acids is 1. The summed E-state index contributed by atoms with van der Waals surface area (Å²) in [6, 6.07) is 5.61. The van der Waals surface area contributed by atoms with Crippen molar-refractivity contribution in [1.29, 1.82) is 0 Å². The van der Waals surface area contributed by atoms with Crippen LogP contribution in [-0.2, 0) is 4.79 Å². The number of hydrogen-bond donors (Lipinski definition) is 1. The number of amides is 1. The summed E-state index contributed by atoms with van der Waals surface area (Å²) in [5, 5.41) is 3.41. The molecule has 0 fully saturated rings. The average Bonchev–Trinajstić information content (AvgIpc) is 2.89. The first-order chi connectivity index (χ1) is 12.4. The lowest BCUT2D eigenvalue weighted by molar-refractivity contribution is -0.118. The van der Waals surface area contributed by atoms with E-state index in [9.17, 15) is 13.6 Å². The maximum Gasteiger partial charge on any atom is 0.387 e. The number of anilines is 1. The van der Waals surface area contributed by atoms with Gasteiger partial charge in [-0.3, -0.25) is 4.79 Å². The first-order valence-electron chi connectivity index (χ1n) is 7.62. The number of halogens is 2. The van der Waals surface area contributed by atoms with Crippen molar-refractivity contribution in [3.05, 3.63) is 41.0 Å². The van der Waals surface area contributed by atoms with Crippen LogP contribution in [0.25, 0.3) is 10.2 Å². The van der Waals surface area contributed by atoms with E-state index in [1.165, 1.54) is 41.9 Å². The molecule has 3 aromatic rings. The predicted molar refractivity (Wildman–Crippen MR) is 94.1 cm³/mol. The summed E-state index contributed by atoms with van der Waals surface area (Å²) in [5.74, 6) is -0.0301. The molecule has 0 aliphatic heterocycles. The zero-order valence-corrected chi connectivity index (χ0v) is 14.8. The van der Waals surface area contributed by atoms with Gasteiger partial charge in [-0.15, -0.1) is 11.3 Å². The van der Waals surface area contributed by atoms with Gasteiger partial charge in [0.05, 0.1) is 5.39 Å². The van der Waals surface area contributed by atoms with E-state index in [1.807, 2.05) is 13.8 Å². The summed E-state index contributed by atoms with van der Waals surface area (Å²) >= 11 is 1.54. The Balaban J connectivity index is 1.63. The molecule has 1 N–H and O–H groups in total. The third-order valence-corrected chi connectivity index (χ3v) is 4.75. The molecule has 0 atom stereocenters. The summed E-state index contributed by atoms with van der Waals surface area (Å²) in [7, 11) is 0. The van der Waals surface area contributed by atoms with Gasteiger partial charge >= 0.3 is 6.61 Å². The number of ether oxygens (including phenoxy) is 2. The molecule has 0 aliphatic carbocycles. The maximum absolute atomic E-state index is 12.1. The summed E-state index contributed by atoms with van der Waals surface area (Å²) in [6.07, 6.45) is 1.40. The molecule has 9 heteroatoms. The van der Waals surface area contributed by atoms with Gasteiger partial charge in [0.25, 0.3) is 5.91 Å². The van der Waals surface area contributed by atoms with Crippen molar-refractivity contribution in [3.8, 4) is 11.6 Å². The van der Waals surface area contributed by atoms with Crippen molar-refractivity contribution in [2.75, 3.05) is 11.9 Å². The lowest BCUT2D eigenvalue weighted by Gasteiger charge is -2.09. The van der Waals surface area contributed by atoms with Crippen molar-refractivity contribution in [2.24, 2.45) is 0 Å². The van der Waals surface area contributed by atoms with Crippen molar-refractivity contribution < 1.29 is 23.0 Å². The second-order valence-electron chi connectivity index (χ2n) is 5.38. The van der Waals surface area contributed by atoms with Gasteiger partial charge in [0.2, 0.25) is 5.88 Å². The molecule has 0 radical (unpaired) electrons. The van der Waals surface area contributed by atoms with E-state index in [2.05, 4.69) is 20.0 Å². The van der Waals surface area contributed by atoms with Crippen molar-refractivity contribution in [3.63, 3.8) is 0 Å². The quantitative estimate of drug-likeness (QED) is 0.703. The number of nitrogens with zero attached hydrogens (tertiary/aromatic N) is 2. The Morgan fingerprint density at radius 3 is 2.65 bits per heavy atom. The largest absolute Gasteiger partial charge is 0.467 e. The van der Waals surface area contributed by atoms with Crippen LogP contribution in [0.15, 0.2) is 30.6 Å². The summed E-state index contributed by atoms with van der Waals surface area (Å²) in [5.41, 5.74) is 1.46. The smallest absolute Gasteiger partial charge is 0.387 e. The molecule has 26 heavy (non-hydrogen) atoms. The van der Waals surface area contributed by atoms with Crippen molar-refractivity contribution >= 4 is 33.1 Å². The van der Waals surface area contributed by atoms with Crippen LogP contribution >= 0.6 is 11.3 Å². The molecule has 0 unspecified atom stereocenters. The van der Waals surface area contributed by atoms with Gasteiger partial charge in [-0.25, -0.2) is 9.97 Å². The molecular weight excluding hydrogens is 364 g/mol. The number of hydrogen-bond acceptors (Lipinski definition) is 6. The lowest BCUT2D eigenvalue weighted by atomic mass is 10.2. The Morgan fingerprint density at radius 2 is 1.96 bits per heavy atom. The van der Waals surface area contributed by atoms with Crippen molar-refractivity contribution in [1.82, 2.24) is 9.97 Å². The summed E-state index contributed by atoms with van der Waals surface area (Å²) < 4.78 is 34.0. The lowest BCUT2D eigenvalue weighted by Crippen LogP contribution is -2.20. The van der Waals surface area contributed by atoms with Crippen molar-refractivity contribution in [2.45, 2.75) is 20.5 Å². The Hall–Kier alpha value is -2.81. The van der Waals surface area contributed by atoms with E-state index in [0.29, 0.717) is 11.6 Å². The van der Waals surface area contributed by atoms with E-state index in [4.69, 9.17) is 4.74 Å². The fourth-order valence-corrected chi connectivity index (χ4v) is 3.30. The SMILES string of the molecule is Cc1sc2ncnc(OCC(=O)Nc3ccc(OC(F)F)cc3)c2c1C. The van der Waals surface area contributed by atoms with E-state index in [-0.39, 0.29) is 12.4 Å². The van der Waals surface area contributed by atoms with Crippen LogP contribution in [0, 0.1) is 13.8 Å². The molecule has 6 nitrogen and oxygen atoms in total. The van der Waals surface area contributed by atoms with Gasteiger partial charge in [0.15, 0.2) is 6.61 Å². The second-order valence-corrected chi connectivity index (χ2v) is 6.59. The topological polar surface area (TPSA) is 73.3 Å². The molecular formula is C17H15F2N3O3S. The van der Waals surface area contributed by atoms with Crippen LogP contribution in [0.4, 0.5) is 14.5 Å². The van der Waals surface area contributed by atoms with Gasteiger partial charge in [-0.1, -0.05) is 0 Å². The normalized spacial score (nSPS) is 11.0. The highest BCUT2D eigenvalue weighted by atomic mass is 32.1. The number of rotatable bonds is 6. The highest BCUT2D eigenvalue weighted by molar-refractivity contribution is 7.18. The third kappa shape index (κ3) is 4.05. The second kappa shape index (κ2) is 7.61. The first-order valence-corrected chi connectivity index (χ1v) is 8.44. The fraction of sp³-hybridized carbons (Fsp3) is 0.235. The Bertz CT molecular complexity index is 929. The molecule has 3 rings (SSSR count). The minimum atomic E-state index is -2.89. The van der Waals surface area contributed by atoms with Crippen LogP contribution in [0.1, 0.15) is 10.4 Å². The zero-order chi connectivity index (χ0) is 18.7. The van der Waals surface area contributed by atoms with Gasteiger partial charge in [-0.05, 0) is 43.7 Å². The molecule has 0 saturated carbocycles. The zero-order valence-electron chi connectivity index (χ0n) is 14.0. The molecule has 2 aromatic heterocycles. The maximum atomic E-state index is 12.1. The molecule has 1 aromatic carbocycles. The molecule has 2 heterocycles. The monoisotopic (exact) mass is 379 g/mol. The minimum Gasteiger partial charge on any atom is -0.467 e. The number of aryl methyl sites for hydroxylation is 2. The molecule has 1 amide bonds. The molecule has 136 valence electrons. The van der Waals surface area contributed by atoms with Gasteiger partial charge in [0.1, 0.15) is 16.9 Å². The Morgan fingerprint density at radius 1 is 1.23 bits per heavy atom. The first kappa shape index (κ1) is 18.0. The van der Waals surface area contributed by atoms with E-state index in [1.54, 1.807) is 0 Å². The van der Waals surface area contributed by atoms with E-state index < -0.39 is 12.5 Å². The van der Waals surface area contributed by atoms with E-state index >= 15 is 0 Å². The summed E-state index contributed by atoms with van der Waals surface area (Å²) in [6.45, 7) is 0.806. The van der Waals surface area contributed by atoms with Crippen LogP contribution in [-0.4, -0.2) is 29.1 Å². The number of aromatic nitrogens is 2. The van der Waals surface area contributed by atoms with Crippen LogP contribution in [0.5, 0.6) is 11.6 Å². The van der Waals surface area contributed by atoms with Gasteiger partial charge in [0, 0.05) is 10.6 Å². The number of thiophene rings is 1. The predicted octanol–water partition coefficient (Wildman–Crippen LogP) is 3.93. The Labute approximate surface area is 151 Å². The van der Waals surface area contributed by atoms with Crippen LogP contribution in [0.2, 0.25) is 0 Å². The number of nitrogens with one attached hydrogen (secondary N) is 1. The molecule has 0 aliphatic rings. The fourth-order valence-electron chi connectivity index (χ4n) is 2.31. The standard InChI is InChI=1S/C17H15F2N3O3S/c1-9-10(2)26-16-14(9)15(20-8-21-16)24-7-13(23)22-11-3-5-12(6-4-11)25-17(18)19/h3-6,8,17H,7H2,1-2H3,(H,22,23). The van der Waals surface area contributed by atoms with Crippen LogP contribution in [0.3, 0.4) is 0 Å². The number of carbonyl (C=O) groups is 1. The number of fused-ring (bicyclic) bond motifs is 1. The van der Waals surface area contributed by atoms with E-state index in [0.717, 1.165) is 20.7 Å². The number of alkyl halides is 2. The Kier molecular flexibility index (Phi) is 5.27. The number of benzene rings is 1. The molecule has 0 spiro atoms. The molecule has 0 bridgehead atoms.